The molecule has 4 N–H and O–H groups in total. The smallest absolute Gasteiger partial charge is 0.394 e. The zero-order valence-corrected chi connectivity index (χ0v) is 12.6. The Kier molecular flexibility index (Phi) is 5.28. The normalized spacial score (nSPS) is 12.0. The van der Waals surface area contributed by atoms with E-state index in [0.29, 0.717) is 5.16 Å². The van der Waals surface area contributed by atoms with Gasteiger partial charge in [-0.1, -0.05) is 22.9 Å². The predicted molar refractivity (Wildman–Crippen MR) is 81.6 cm³/mol. The summed E-state index contributed by atoms with van der Waals surface area (Å²) in [6, 6.07) is 6.14. The molecule has 22 heavy (non-hydrogen) atoms. The van der Waals surface area contributed by atoms with Crippen LogP contribution in [0.2, 0.25) is 0 Å². The monoisotopic (exact) mass is 341 g/mol. The van der Waals surface area contributed by atoms with Crippen molar-refractivity contribution in [1.82, 2.24) is 15.3 Å². The summed E-state index contributed by atoms with van der Waals surface area (Å²) in [5, 5.41) is 19.9. The lowest BCUT2D eigenvalue weighted by Gasteiger charge is -2.11. The number of benzene rings is 1. The minimum Gasteiger partial charge on any atom is -0.480 e. The molecular formula is C12H11N3O5S2. The number of aromatic amines is 1. The molecule has 0 saturated heterocycles. The molecule has 1 aromatic carbocycles. The molecule has 0 saturated carbocycles. The van der Waals surface area contributed by atoms with E-state index in [4.69, 9.17) is 10.2 Å². The summed E-state index contributed by atoms with van der Waals surface area (Å²) in [6.07, 6.45) is 0. The average molecular weight is 341 g/mol. The first-order chi connectivity index (χ1) is 10.5. The Labute approximate surface area is 132 Å². The number of rotatable bonds is 6. The highest BCUT2D eigenvalue weighted by Crippen LogP contribution is 2.30. The van der Waals surface area contributed by atoms with Crippen molar-refractivity contribution in [2.45, 2.75) is 11.2 Å². The van der Waals surface area contributed by atoms with Crippen molar-refractivity contribution in [3.05, 3.63) is 24.3 Å². The van der Waals surface area contributed by atoms with Crippen LogP contribution >= 0.6 is 21.6 Å². The van der Waals surface area contributed by atoms with Gasteiger partial charge in [0.1, 0.15) is 6.04 Å². The van der Waals surface area contributed by atoms with Crippen molar-refractivity contribution >= 4 is 50.5 Å². The number of H-pyrrole nitrogens is 1. The van der Waals surface area contributed by atoms with Crippen LogP contribution in [0.15, 0.2) is 29.4 Å². The Bertz CT molecular complexity index is 685. The van der Waals surface area contributed by atoms with Gasteiger partial charge in [-0.3, -0.25) is 4.79 Å². The first-order valence-electron chi connectivity index (χ1n) is 5.98. The van der Waals surface area contributed by atoms with Crippen LogP contribution < -0.4 is 5.32 Å². The number of aromatic nitrogens is 2. The standard InChI is InChI=1S/C12H11N3O5S2/c16-9(11(19)20)13-8(10(17)18)5-21-22-12-14-6-3-1-2-4-7(6)15-12/h1-4,8H,5H2,(H,13,16)(H,14,15)(H,17,18)(H,19,20)/t8-/m0/s1. The predicted octanol–water partition coefficient (Wildman–Crippen LogP) is 0.957. The number of carboxylic acid groups (broad SMARTS) is 2. The maximum atomic E-state index is 11.0. The van der Waals surface area contributed by atoms with E-state index < -0.39 is 23.9 Å². The van der Waals surface area contributed by atoms with Gasteiger partial charge >= 0.3 is 17.8 Å². The molecule has 0 fully saturated rings. The number of carbonyl (C=O) groups is 3. The van der Waals surface area contributed by atoms with Crippen molar-refractivity contribution < 1.29 is 24.6 Å². The van der Waals surface area contributed by atoms with E-state index in [1.807, 2.05) is 29.6 Å². The third kappa shape index (κ3) is 4.15. The molecule has 0 spiro atoms. The molecule has 2 rings (SSSR count). The summed E-state index contributed by atoms with van der Waals surface area (Å²) in [7, 11) is 2.36. The topological polar surface area (TPSA) is 132 Å². The maximum absolute atomic E-state index is 11.0. The van der Waals surface area contributed by atoms with Crippen molar-refractivity contribution in [2.75, 3.05) is 5.75 Å². The van der Waals surface area contributed by atoms with E-state index in [1.165, 1.54) is 10.8 Å². The zero-order valence-electron chi connectivity index (χ0n) is 11.0. The lowest BCUT2D eigenvalue weighted by Crippen LogP contribution is -2.45. The molecule has 1 amide bonds. The number of nitrogens with one attached hydrogen (secondary N) is 2. The van der Waals surface area contributed by atoms with E-state index in [0.717, 1.165) is 21.8 Å². The molecule has 8 nitrogen and oxygen atoms in total. The Balaban J connectivity index is 1.91. The molecule has 0 bridgehead atoms. The molecule has 116 valence electrons. The van der Waals surface area contributed by atoms with Gasteiger partial charge in [0.2, 0.25) is 0 Å². The number of aliphatic carboxylic acids is 2. The molecule has 1 aromatic heterocycles. The lowest BCUT2D eigenvalue weighted by atomic mass is 10.3. The van der Waals surface area contributed by atoms with Crippen molar-refractivity contribution in [1.29, 1.82) is 0 Å². The summed E-state index contributed by atoms with van der Waals surface area (Å²) >= 11 is 0. The number of para-hydroxylation sites is 2. The SMILES string of the molecule is O=C(O)C(=O)N[C@@H](CSSc1nc2ccccc2[nH]1)C(=O)O. The number of amides is 1. The van der Waals surface area contributed by atoms with Gasteiger partial charge in [0.05, 0.1) is 11.0 Å². The molecule has 0 aliphatic rings. The highest BCUT2D eigenvalue weighted by Gasteiger charge is 2.23. The highest BCUT2D eigenvalue weighted by molar-refractivity contribution is 8.76. The number of hydrogen-bond donors (Lipinski definition) is 4. The fraction of sp³-hybridized carbons (Fsp3) is 0.167. The fourth-order valence-electron chi connectivity index (χ4n) is 1.52. The van der Waals surface area contributed by atoms with Crippen LogP contribution in [0.25, 0.3) is 11.0 Å². The molecule has 1 heterocycles. The van der Waals surface area contributed by atoms with Crippen molar-refractivity contribution in [2.24, 2.45) is 0 Å². The van der Waals surface area contributed by atoms with Gasteiger partial charge in [0.25, 0.3) is 0 Å². The quantitative estimate of drug-likeness (QED) is 0.451. The van der Waals surface area contributed by atoms with Gasteiger partial charge in [-0.25, -0.2) is 14.6 Å². The second-order valence-corrected chi connectivity index (χ2v) is 6.43. The van der Waals surface area contributed by atoms with E-state index in [2.05, 4.69) is 9.97 Å². The second-order valence-electron chi connectivity index (χ2n) is 4.10. The summed E-state index contributed by atoms with van der Waals surface area (Å²) in [5.74, 6) is -4.37. The third-order valence-electron chi connectivity index (χ3n) is 2.54. The van der Waals surface area contributed by atoms with E-state index in [9.17, 15) is 14.4 Å². The van der Waals surface area contributed by atoms with Crippen molar-refractivity contribution in [3.8, 4) is 0 Å². The molecular weight excluding hydrogens is 330 g/mol. The molecule has 0 unspecified atom stereocenters. The van der Waals surface area contributed by atoms with Gasteiger partial charge in [0, 0.05) is 5.75 Å². The number of nitrogens with zero attached hydrogens (tertiary/aromatic N) is 1. The Morgan fingerprint density at radius 2 is 2.00 bits per heavy atom. The summed E-state index contributed by atoms with van der Waals surface area (Å²) in [5.41, 5.74) is 1.65. The number of imidazole rings is 1. The number of hydrogen-bond acceptors (Lipinski definition) is 6. The van der Waals surface area contributed by atoms with Crippen molar-refractivity contribution in [3.63, 3.8) is 0 Å². The summed E-state index contributed by atoms with van der Waals surface area (Å²) < 4.78 is 0. The molecule has 2 aromatic rings. The van der Waals surface area contributed by atoms with Crippen LogP contribution in [0.1, 0.15) is 0 Å². The van der Waals surface area contributed by atoms with Crippen LogP contribution in [-0.2, 0) is 14.4 Å². The Hall–Kier alpha value is -2.20. The summed E-state index contributed by atoms with van der Waals surface area (Å²) in [6.45, 7) is 0. The highest BCUT2D eigenvalue weighted by atomic mass is 33.1. The molecule has 10 heteroatoms. The van der Waals surface area contributed by atoms with Gasteiger partial charge in [0.15, 0.2) is 5.16 Å². The second kappa shape index (κ2) is 7.18. The van der Waals surface area contributed by atoms with Gasteiger partial charge in [-0.15, -0.1) is 0 Å². The summed E-state index contributed by atoms with van der Waals surface area (Å²) in [4.78, 5) is 39.8. The van der Waals surface area contributed by atoms with E-state index in [1.54, 1.807) is 0 Å². The van der Waals surface area contributed by atoms with Crippen LogP contribution in [0.5, 0.6) is 0 Å². The average Bonchev–Trinajstić information content (AvgIpc) is 2.88. The van der Waals surface area contributed by atoms with Gasteiger partial charge in [-0.05, 0) is 22.9 Å². The van der Waals surface area contributed by atoms with E-state index in [-0.39, 0.29) is 5.75 Å². The fourth-order valence-corrected chi connectivity index (χ4v) is 3.53. The molecule has 0 radical (unpaired) electrons. The maximum Gasteiger partial charge on any atom is 0.394 e. The molecule has 1 atom stereocenters. The van der Waals surface area contributed by atoms with Crippen LogP contribution in [0, 0.1) is 0 Å². The van der Waals surface area contributed by atoms with Gasteiger partial charge < -0.3 is 20.5 Å². The molecule has 0 aliphatic heterocycles. The number of carbonyl (C=O) groups excluding carboxylic acids is 1. The largest absolute Gasteiger partial charge is 0.480 e. The first-order valence-corrected chi connectivity index (χ1v) is 8.30. The number of fused-ring (bicyclic) bond motifs is 1. The Morgan fingerprint density at radius 3 is 2.64 bits per heavy atom. The van der Waals surface area contributed by atoms with Crippen LogP contribution in [-0.4, -0.2) is 49.8 Å². The number of carboxylic acids is 2. The molecule has 0 aliphatic carbocycles. The zero-order chi connectivity index (χ0) is 16.1. The third-order valence-corrected chi connectivity index (χ3v) is 4.71. The lowest BCUT2D eigenvalue weighted by molar-refractivity contribution is -0.151. The van der Waals surface area contributed by atoms with E-state index >= 15 is 0 Å². The van der Waals surface area contributed by atoms with Gasteiger partial charge in [-0.2, -0.15) is 0 Å². The Morgan fingerprint density at radius 1 is 1.27 bits per heavy atom. The van der Waals surface area contributed by atoms with Crippen LogP contribution in [0.3, 0.4) is 0 Å². The van der Waals surface area contributed by atoms with Crippen LogP contribution in [0.4, 0.5) is 0 Å². The minimum absolute atomic E-state index is 0.00390. The minimum atomic E-state index is -1.72. The first kappa shape index (κ1) is 16.2.